The Bertz CT molecular complexity index is 1700. The summed E-state index contributed by atoms with van der Waals surface area (Å²) in [5.41, 5.74) is 11.4. The number of halogens is 3. The summed E-state index contributed by atoms with van der Waals surface area (Å²) in [5, 5.41) is 25.8. The SMILES string of the molecule is COc1ccccc1Oc1cnc(N)nc1N[C@H]1CC[C@H](O)CC1.Nc1ncc(Oc2ccc(OC(F)(F)F)cc2)c(N[C@H]2CC[C@H](O)CC2)n1. The number of para-hydroxylation sites is 2. The number of hydrogen-bond donors (Lipinski definition) is 6. The first-order valence-electron chi connectivity index (χ1n) is 16.4. The number of aromatic nitrogens is 4. The quantitative estimate of drug-likeness (QED) is 0.111. The molecule has 0 radical (unpaired) electrons. The van der Waals surface area contributed by atoms with Crippen molar-refractivity contribution in [2.75, 3.05) is 29.2 Å². The van der Waals surface area contributed by atoms with Gasteiger partial charge >= 0.3 is 6.36 Å². The Kier molecular flexibility index (Phi) is 12.4. The minimum Gasteiger partial charge on any atom is -0.493 e. The molecule has 2 fully saturated rings. The molecule has 2 aromatic carbocycles. The van der Waals surface area contributed by atoms with Crippen molar-refractivity contribution >= 4 is 23.5 Å². The number of benzene rings is 2. The second-order valence-electron chi connectivity index (χ2n) is 12.1. The average Bonchev–Trinajstić information content (AvgIpc) is 3.10. The fourth-order valence-corrected chi connectivity index (χ4v) is 5.61. The van der Waals surface area contributed by atoms with Gasteiger partial charge in [0.1, 0.15) is 11.5 Å². The number of alkyl halides is 3. The van der Waals surface area contributed by atoms with Crippen LogP contribution in [0.3, 0.4) is 0 Å². The minimum absolute atomic E-state index is 0.0645. The van der Waals surface area contributed by atoms with Crippen LogP contribution in [0.25, 0.3) is 0 Å². The molecule has 0 aliphatic heterocycles. The van der Waals surface area contributed by atoms with Crippen LogP contribution in [0.4, 0.5) is 36.7 Å². The molecule has 0 atom stereocenters. The van der Waals surface area contributed by atoms with E-state index in [1.807, 2.05) is 24.3 Å². The van der Waals surface area contributed by atoms with Crippen LogP contribution >= 0.6 is 0 Å². The number of anilines is 4. The summed E-state index contributed by atoms with van der Waals surface area (Å²) in [6.07, 6.45) is 3.93. The van der Waals surface area contributed by atoms with Gasteiger partial charge in [-0.05, 0) is 87.8 Å². The maximum Gasteiger partial charge on any atom is 0.573 e. The zero-order valence-corrected chi connectivity index (χ0v) is 27.8. The summed E-state index contributed by atoms with van der Waals surface area (Å²) in [7, 11) is 1.59. The minimum atomic E-state index is -4.75. The smallest absolute Gasteiger partial charge is 0.493 e. The molecular formula is C34H41F3N8O6. The van der Waals surface area contributed by atoms with E-state index >= 15 is 0 Å². The summed E-state index contributed by atoms with van der Waals surface area (Å²) < 4.78 is 57.4. The van der Waals surface area contributed by atoms with Gasteiger partial charge in [-0.1, -0.05) is 12.1 Å². The molecule has 2 aromatic heterocycles. The van der Waals surface area contributed by atoms with Crippen molar-refractivity contribution < 1.29 is 42.3 Å². The average molecular weight is 715 g/mol. The van der Waals surface area contributed by atoms with E-state index < -0.39 is 6.36 Å². The highest BCUT2D eigenvalue weighted by atomic mass is 19.4. The topological polar surface area (TPSA) is 205 Å². The van der Waals surface area contributed by atoms with Crippen LogP contribution in [0.1, 0.15) is 51.4 Å². The van der Waals surface area contributed by atoms with Gasteiger partial charge in [0.05, 0.1) is 31.7 Å². The second-order valence-corrected chi connectivity index (χ2v) is 12.1. The van der Waals surface area contributed by atoms with Crippen molar-refractivity contribution in [3.8, 4) is 34.5 Å². The lowest BCUT2D eigenvalue weighted by Gasteiger charge is -2.27. The van der Waals surface area contributed by atoms with Gasteiger partial charge in [0, 0.05) is 12.1 Å². The van der Waals surface area contributed by atoms with Crippen LogP contribution in [-0.2, 0) is 0 Å². The third kappa shape index (κ3) is 11.4. The molecule has 14 nitrogen and oxygen atoms in total. The van der Waals surface area contributed by atoms with Gasteiger partial charge in [0.2, 0.25) is 11.9 Å². The van der Waals surface area contributed by atoms with Crippen LogP contribution in [0.5, 0.6) is 34.5 Å². The van der Waals surface area contributed by atoms with Crippen molar-refractivity contribution in [2.45, 2.75) is 82.0 Å². The number of nitrogens with zero attached hydrogens (tertiary/aromatic N) is 4. The molecule has 2 aliphatic rings. The van der Waals surface area contributed by atoms with Crippen molar-refractivity contribution in [3.63, 3.8) is 0 Å². The van der Waals surface area contributed by atoms with Gasteiger partial charge in [0.15, 0.2) is 34.6 Å². The predicted octanol–water partition coefficient (Wildman–Crippen LogP) is 6.04. The normalized spacial score (nSPS) is 20.3. The Morgan fingerprint density at radius 3 is 1.57 bits per heavy atom. The van der Waals surface area contributed by atoms with Gasteiger partial charge < -0.3 is 51.3 Å². The summed E-state index contributed by atoms with van der Waals surface area (Å²) in [5.74, 6) is 3.11. The van der Waals surface area contributed by atoms with E-state index in [4.69, 9.17) is 25.7 Å². The molecule has 274 valence electrons. The second kappa shape index (κ2) is 17.1. The molecule has 4 aromatic rings. The molecule has 2 aliphatic carbocycles. The largest absolute Gasteiger partial charge is 0.573 e. The number of aliphatic hydroxyl groups is 2. The Hall–Kier alpha value is -5.29. The number of methoxy groups -OCH3 is 1. The van der Waals surface area contributed by atoms with Crippen LogP contribution in [-0.4, -0.2) is 67.9 Å². The molecular weight excluding hydrogens is 673 g/mol. The molecule has 0 bridgehead atoms. The third-order valence-electron chi connectivity index (χ3n) is 8.20. The van der Waals surface area contributed by atoms with Gasteiger partial charge in [-0.3, -0.25) is 0 Å². The van der Waals surface area contributed by atoms with E-state index in [-0.39, 0.29) is 41.9 Å². The number of nitrogens with two attached hydrogens (primary N) is 2. The highest BCUT2D eigenvalue weighted by molar-refractivity contribution is 5.55. The highest BCUT2D eigenvalue weighted by Gasteiger charge is 2.31. The van der Waals surface area contributed by atoms with Crippen LogP contribution < -0.4 is 41.0 Å². The summed E-state index contributed by atoms with van der Waals surface area (Å²) >= 11 is 0. The Morgan fingerprint density at radius 2 is 1.10 bits per heavy atom. The molecule has 8 N–H and O–H groups in total. The number of ether oxygens (including phenoxy) is 4. The van der Waals surface area contributed by atoms with E-state index in [0.29, 0.717) is 53.2 Å². The fraction of sp³-hybridized carbons (Fsp3) is 0.412. The van der Waals surface area contributed by atoms with Crippen molar-refractivity contribution in [1.82, 2.24) is 19.9 Å². The maximum absolute atomic E-state index is 12.2. The summed E-state index contributed by atoms with van der Waals surface area (Å²) in [6.45, 7) is 0. The number of aliphatic hydroxyl groups excluding tert-OH is 2. The third-order valence-corrected chi connectivity index (χ3v) is 8.20. The van der Waals surface area contributed by atoms with E-state index in [2.05, 4.69) is 35.3 Å². The summed E-state index contributed by atoms with van der Waals surface area (Å²) in [4.78, 5) is 16.3. The summed E-state index contributed by atoms with van der Waals surface area (Å²) in [6, 6.07) is 12.7. The molecule has 0 unspecified atom stereocenters. The Morgan fingerprint density at radius 1 is 0.647 bits per heavy atom. The van der Waals surface area contributed by atoms with Crippen LogP contribution in [0.2, 0.25) is 0 Å². The molecule has 0 spiro atoms. The van der Waals surface area contributed by atoms with Crippen LogP contribution in [0.15, 0.2) is 60.9 Å². The monoisotopic (exact) mass is 714 g/mol. The van der Waals surface area contributed by atoms with Crippen molar-refractivity contribution in [1.29, 1.82) is 0 Å². The maximum atomic E-state index is 12.2. The predicted molar refractivity (Wildman–Crippen MR) is 183 cm³/mol. The number of rotatable bonds is 10. The Labute approximate surface area is 292 Å². The lowest BCUT2D eigenvalue weighted by atomic mass is 9.93. The fourth-order valence-electron chi connectivity index (χ4n) is 5.61. The zero-order chi connectivity index (χ0) is 36.4. The van der Waals surface area contributed by atoms with Gasteiger partial charge in [-0.15, -0.1) is 13.2 Å². The van der Waals surface area contributed by atoms with E-state index in [0.717, 1.165) is 50.7 Å². The van der Waals surface area contributed by atoms with Gasteiger partial charge in [-0.2, -0.15) is 9.97 Å². The molecule has 17 heteroatoms. The molecule has 2 heterocycles. The lowest BCUT2D eigenvalue weighted by molar-refractivity contribution is -0.274. The van der Waals surface area contributed by atoms with Crippen molar-refractivity contribution in [3.05, 3.63) is 60.9 Å². The molecule has 6 rings (SSSR count). The molecule has 0 saturated heterocycles. The highest BCUT2D eigenvalue weighted by Crippen LogP contribution is 2.36. The van der Waals surface area contributed by atoms with E-state index in [9.17, 15) is 23.4 Å². The molecule has 2 saturated carbocycles. The lowest BCUT2D eigenvalue weighted by Crippen LogP contribution is -2.28. The molecule has 51 heavy (non-hydrogen) atoms. The zero-order valence-electron chi connectivity index (χ0n) is 27.8. The number of nitrogens with one attached hydrogen (secondary N) is 2. The van der Waals surface area contributed by atoms with E-state index in [1.54, 1.807) is 13.3 Å². The molecule has 0 amide bonds. The standard InChI is InChI=1S/C17H19F3N4O3.C17H22N4O3/c18-17(19,20)27-13-7-5-12(6-8-13)26-14-9-22-16(21)24-15(14)23-10-1-3-11(25)4-2-10;1-23-13-4-2-3-5-14(13)24-15-10-19-17(18)21-16(15)20-11-6-8-12(22)9-7-11/h5-11,25H,1-4H2,(H3,21,22,23,24);2-5,10-12,22H,6-9H2,1H3,(H3,18,19,20,21)/t10-,11-;11-,12-. The first-order valence-corrected chi connectivity index (χ1v) is 16.4. The first kappa shape index (κ1) is 37.0. The first-order chi connectivity index (χ1) is 24.4. The van der Waals surface area contributed by atoms with E-state index in [1.165, 1.54) is 18.3 Å². The van der Waals surface area contributed by atoms with Gasteiger partial charge in [-0.25, -0.2) is 9.97 Å². The van der Waals surface area contributed by atoms with Gasteiger partial charge in [0.25, 0.3) is 0 Å². The Balaban J connectivity index is 0.000000199. The van der Waals surface area contributed by atoms with Crippen molar-refractivity contribution in [2.24, 2.45) is 0 Å². The van der Waals surface area contributed by atoms with Crippen LogP contribution in [0, 0.1) is 0 Å². The number of nitrogen functional groups attached to an aromatic ring is 2. The number of hydrogen-bond acceptors (Lipinski definition) is 14.